The summed E-state index contributed by atoms with van der Waals surface area (Å²) in [6.45, 7) is 6.94. The molecule has 3 aliphatic heterocycles. The van der Waals surface area contributed by atoms with Gasteiger partial charge < -0.3 is 14.7 Å². The number of allylic oxidation sites excluding steroid dienone is 1. The molecular weight excluding hydrogens is 551 g/mol. The van der Waals surface area contributed by atoms with E-state index in [2.05, 4.69) is 25.7 Å². The number of likely N-dealkylation sites (N-methyl/N-ethyl adjacent to an activating group) is 1. The molecule has 1 fully saturated rings. The molecule has 5 rings (SSSR count). The smallest absolute Gasteiger partial charge is 0.263 e. The lowest BCUT2D eigenvalue weighted by molar-refractivity contribution is -0.143. The number of thioether (sulfide) groups is 1. The number of carbonyl (C=O) groups is 2. The minimum absolute atomic E-state index is 0.0232. The fourth-order valence-corrected chi connectivity index (χ4v) is 7.54. The third kappa shape index (κ3) is 4.98. The lowest BCUT2D eigenvalue weighted by Gasteiger charge is -2.38. The molecule has 3 heterocycles. The van der Waals surface area contributed by atoms with Crippen LogP contribution in [0.3, 0.4) is 0 Å². The van der Waals surface area contributed by atoms with Crippen LogP contribution in [-0.4, -0.2) is 58.4 Å². The summed E-state index contributed by atoms with van der Waals surface area (Å²) in [4.78, 5) is 38.8. The summed E-state index contributed by atoms with van der Waals surface area (Å²) in [5.74, 6) is -0.0481. The number of likely N-dealkylation sites (tertiary alicyclic amines) is 1. The lowest BCUT2D eigenvalue weighted by Crippen LogP contribution is -2.51. The second-order valence-electron chi connectivity index (χ2n) is 11.1. The number of fused-ring (bicyclic) bond motifs is 1. The molecule has 0 bridgehead atoms. The van der Waals surface area contributed by atoms with E-state index in [1.807, 2.05) is 48.5 Å². The Labute approximate surface area is 245 Å². The minimum atomic E-state index is -0.621. The van der Waals surface area contributed by atoms with Crippen molar-refractivity contribution in [3.05, 3.63) is 80.3 Å². The summed E-state index contributed by atoms with van der Waals surface area (Å²) < 4.78 is 0. The highest BCUT2D eigenvalue weighted by atomic mass is 35.5. The van der Waals surface area contributed by atoms with Crippen LogP contribution in [-0.2, 0) is 15.1 Å². The second kappa shape index (κ2) is 10.8. The number of rotatable bonds is 5. The first-order valence-corrected chi connectivity index (χ1v) is 14.9. The van der Waals surface area contributed by atoms with Gasteiger partial charge in [-0.3, -0.25) is 9.59 Å². The zero-order valence-electron chi connectivity index (χ0n) is 22.9. The van der Waals surface area contributed by atoms with Gasteiger partial charge in [-0.2, -0.15) is 0 Å². The van der Waals surface area contributed by atoms with E-state index in [4.69, 9.17) is 28.2 Å². The number of amides is 2. The van der Waals surface area contributed by atoms with Crippen molar-refractivity contribution < 1.29 is 9.59 Å². The van der Waals surface area contributed by atoms with Gasteiger partial charge in [0.05, 0.1) is 6.04 Å². The molecule has 2 amide bonds. The molecule has 6 nitrogen and oxygen atoms in total. The molecule has 2 aromatic carbocycles. The average Bonchev–Trinajstić information content (AvgIpc) is 3.41. The molecule has 0 radical (unpaired) electrons. The second-order valence-corrected chi connectivity index (χ2v) is 12.9. The number of halogens is 2. The van der Waals surface area contributed by atoms with E-state index in [1.165, 1.54) is 11.8 Å². The molecule has 2 aromatic rings. The van der Waals surface area contributed by atoms with Crippen molar-refractivity contribution in [1.82, 2.24) is 14.7 Å². The summed E-state index contributed by atoms with van der Waals surface area (Å²) >= 11 is 13.9. The van der Waals surface area contributed by atoms with Gasteiger partial charge in [-0.1, -0.05) is 61.3 Å². The fourth-order valence-electron chi connectivity index (χ4n) is 5.92. The molecule has 2 unspecified atom stereocenters. The van der Waals surface area contributed by atoms with Crippen LogP contribution in [0, 0.1) is 5.92 Å². The average molecular weight is 586 g/mol. The maximum absolute atomic E-state index is 14.2. The monoisotopic (exact) mass is 584 g/mol. The summed E-state index contributed by atoms with van der Waals surface area (Å²) in [6, 6.07) is 15.1. The third-order valence-corrected chi connectivity index (χ3v) is 9.42. The maximum Gasteiger partial charge on any atom is 0.263 e. The first-order chi connectivity index (χ1) is 18.5. The number of hydrogen-bond donors (Lipinski definition) is 0. The molecule has 0 aliphatic carbocycles. The quantitative estimate of drug-likeness (QED) is 0.392. The molecule has 0 aromatic heterocycles. The molecule has 1 saturated heterocycles. The largest absolute Gasteiger partial charge is 0.347 e. The highest BCUT2D eigenvalue weighted by molar-refractivity contribution is 8.18. The van der Waals surface area contributed by atoms with Crippen LogP contribution in [0.4, 0.5) is 0 Å². The molecule has 0 spiro atoms. The third-order valence-electron chi connectivity index (χ3n) is 7.86. The van der Waals surface area contributed by atoms with Crippen LogP contribution in [0.5, 0.6) is 0 Å². The summed E-state index contributed by atoms with van der Waals surface area (Å²) in [6.07, 6.45) is 2.52. The van der Waals surface area contributed by atoms with E-state index in [9.17, 15) is 9.59 Å². The Hall–Kier alpha value is -2.48. The molecule has 206 valence electrons. The van der Waals surface area contributed by atoms with E-state index >= 15 is 0 Å². The zero-order valence-corrected chi connectivity index (χ0v) is 25.3. The first-order valence-electron chi connectivity index (χ1n) is 13.4. The van der Waals surface area contributed by atoms with Crippen molar-refractivity contribution in [3.8, 4) is 0 Å². The van der Waals surface area contributed by atoms with Crippen LogP contribution in [0.2, 0.25) is 10.0 Å². The van der Waals surface area contributed by atoms with E-state index in [0.717, 1.165) is 34.8 Å². The Morgan fingerprint density at radius 3 is 2.23 bits per heavy atom. The fraction of sp³-hybridized carbons (Fsp3) is 0.433. The number of nitrogens with zero attached hydrogens (tertiary/aromatic N) is 4. The summed E-state index contributed by atoms with van der Waals surface area (Å²) in [5, 5.41) is 2.14. The Kier molecular flexibility index (Phi) is 7.79. The van der Waals surface area contributed by atoms with Gasteiger partial charge in [-0.05, 0) is 79.3 Å². The van der Waals surface area contributed by atoms with E-state index < -0.39 is 11.6 Å². The molecule has 3 aliphatic rings. The number of amidine groups is 1. The van der Waals surface area contributed by atoms with Crippen LogP contribution >= 0.6 is 35.0 Å². The first kappa shape index (κ1) is 28.1. The normalized spacial score (nSPS) is 24.8. The molecule has 3 atom stereocenters. The van der Waals surface area contributed by atoms with Gasteiger partial charge in [0, 0.05) is 36.4 Å². The van der Waals surface area contributed by atoms with Crippen molar-refractivity contribution in [1.29, 1.82) is 0 Å². The Bertz CT molecular complexity index is 1340. The van der Waals surface area contributed by atoms with Crippen LogP contribution in [0.25, 0.3) is 0 Å². The van der Waals surface area contributed by atoms with Gasteiger partial charge in [0.25, 0.3) is 5.91 Å². The molecule has 0 N–H and O–H groups in total. The molecule has 39 heavy (non-hydrogen) atoms. The van der Waals surface area contributed by atoms with Crippen molar-refractivity contribution in [2.75, 3.05) is 20.6 Å². The number of hydrogen-bond acceptors (Lipinski definition) is 5. The Morgan fingerprint density at radius 1 is 1.03 bits per heavy atom. The van der Waals surface area contributed by atoms with Crippen LogP contribution in [0.1, 0.15) is 57.2 Å². The molecular formula is C30H34Cl2N4O2S. The van der Waals surface area contributed by atoms with Crippen molar-refractivity contribution in [2.45, 2.75) is 57.7 Å². The topological polar surface area (TPSA) is 56.2 Å². The number of benzene rings is 2. The SMILES string of the molecule is CC(C)C1=C(C(=O)N2CCCC[C@H]2C(=O)N(C)C)SC2=NC(C)(c3ccc(Cl)cc3)C(c3ccc(Cl)cc3)N21. The highest BCUT2D eigenvalue weighted by Gasteiger charge is 2.53. The molecule has 9 heteroatoms. The highest BCUT2D eigenvalue weighted by Crippen LogP contribution is 2.56. The van der Waals surface area contributed by atoms with Crippen molar-refractivity contribution >= 4 is 51.9 Å². The van der Waals surface area contributed by atoms with Crippen molar-refractivity contribution in [3.63, 3.8) is 0 Å². The van der Waals surface area contributed by atoms with E-state index in [-0.39, 0.29) is 23.8 Å². The van der Waals surface area contributed by atoms with Gasteiger partial charge in [-0.25, -0.2) is 4.99 Å². The zero-order chi connectivity index (χ0) is 28.1. The standard InChI is InChI=1S/C30H34Cl2N4O2S/c1-18(2)24-25(28(38)35-17-7-6-8-23(35)27(37)34(4)5)39-29-33-30(3,20-11-15-22(32)16-12-20)26(36(24)29)19-9-13-21(31)14-10-19/h9-16,18,23,26H,6-8,17H2,1-5H3/t23-,26?,30?/m0/s1. The van der Waals surface area contributed by atoms with Gasteiger partial charge >= 0.3 is 0 Å². The van der Waals surface area contributed by atoms with Crippen LogP contribution < -0.4 is 0 Å². The van der Waals surface area contributed by atoms with E-state index in [0.29, 0.717) is 27.9 Å². The Morgan fingerprint density at radius 2 is 1.64 bits per heavy atom. The predicted octanol–water partition coefficient (Wildman–Crippen LogP) is 6.71. The van der Waals surface area contributed by atoms with Gasteiger partial charge in [0.1, 0.15) is 16.5 Å². The Balaban J connectivity index is 1.61. The molecule has 0 saturated carbocycles. The number of piperidine rings is 1. The maximum atomic E-state index is 14.2. The number of carbonyl (C=O) groups excluding carboxylic acids is 2. The minimum Gasteiger partial charge on any atom is -0.347 e. The van der Waals surface area contributed by atoms with Gasteiger partial charge in [0.2, 0.25) is 5.91 Å². The summed E-state index contributed by atoms with van der Waals surface area (Å²) in [5.41, 5.74) is 2.42. The summed E-state index contributed by atoms with van der Waals surface area (Å²) in [7, 11) is 3.50. The van der Waals surface area contributed by atoms with Gasteiger partial charge in [-0.15, -0.1) is 0 Å². The van der Waals surface area contributed by atoms with Crippen molar-refractivity contribution in [2.24, 2.45) is 10.9 Å². The lowest BCUT2D eigenvalue weighted by atomic mass is 9.81. The van der Waals surface area contributed by atoms with E-state index in [1.54, 1.807) is 23.9 Å². The number of aliphatic imine (C=N–C) groups is 1. The van der Waals surface area contributed by atoms with Crippen LogP contribution in [0.15, 0.2) is 64.1 Å². The predicted molar refractivity (Wildman–Crippen MR) is 160 cm³/mol. The van der Waals surface area contributed by atoms with Gasteiger partial charge in [0.15, 0.2) is 5.17 Å².